The molecule has 0 amide bonds. The van der Waals surface area contributed by atoms with Crippen LogP contribution in [0.2, 0.25) is 0 Å². The summed E-state index contributed by atoms with van der Waals surface area (Å²) in [5.74, 6) is 0.594. The third-order valence-electron chi connectivity index (χ3n) is 7.66. The minimum atomic E-state index is -0.0434. The molecule has 0 spiro atoms. The smallest absolute Gasteiger partial charge is 0.118 e. The average molecular weight is 457 g/mol. The van der Waals surface area contributed by atoms with E-state index in [1.807, 2.05) is 26.0 Å². The van der Waals surface area contributed by atoms with Gasteiger partial charge in [0.05, 0.1) is 0 Å². The molecule has 0 heterocycles. The molecule has 0 unspecified atom stereocenters. The summed E-state index contributed by atoms with van der Waals surface area (Å²) in [7, 11) is 0. The molecular formula is C33H28O2. The number of hydrogen-bond donors (Lipinski definition) is 2. The Labute approximate surface area is 205 Å². The molecule has 0 saturated heterocycles. The van der Waals surface area contributed by atoms with E-state index in [-0.39, 0.29) is 5.92 Å². The number of hydrogen-bond acceptors (Lipinski definition) is 2. The third kappa shape index (κ3) is 3.24. The van der Waals surface area contributed by atoms with Crippen molar-refractivity contribution in [1.82, 2.24) is 0 Å². The number of aryl methyl sites for hydroxylation is 4. The fourth-order valence-electron chi connectivity index (χ4n) is 5.78. The van der Waals surface area contributed by atoms with E-state index in [1.165, 1.54) is 49.0 Å². The Morgan fingerprint density at radius 1 is 0.486 bits per heavy atom. The minimum Gasteiger partial charge on any atom is -0.508 e. The Balaban J connectivity index is 1.75. The van der Waals surface area contributed by atoms with Crippen molar-refractivity contribution in [3.05, 3.63) is 118 Å². The Morgan fingerprint density at radius 2 is 0.971 bits per heavy atom. The van der Waals surface area contributed by atoms with Crippen molar-refractivity contribution in [2.24, 2.45) is 0 Å². The van der Waals surface area contributed by atoms with Gasteiger partial charge in [-0.2, -0.15) is 0 Å². The summed E-state index contributed by atoms with van der Waals surface area (Å²) in [5, 5.41) is 28.4. The largest absolute Gasteiger partial charge is 0.508 e. The van der Waals surface area contributed by atoms with E-state index >= 15 is 0 Å². The van der Waals surface area contributed by atoms with Crippen molar-refractivity contribution in [2.75, 3.05) is 0 Å². The molecule has 0 aliphatic carbocycles. The zero-order valence-electron chi connectivity index (χ0n) is 20.5. The van der Waals surface area contributed by atoms with E-state index in [9.17, 15) is 10.2 Å². The maximum absolute atomic E-state index is 10.4. The average Bonchev–Trinajstić information content (AvgIpc) is 2.84. The Hall–Kier alpha value is -4.04. The first-order valence-corrected chi connectivity index (χ1v) is 12.1. The normalized spacial score (nSPS) is 11.9. The fraction of sp³-hybridized carbons (Fsp3) is 0.152. The summed E-state index contributed by atoms with van der Waals surface area (Å²) in [6.07, 6.45) is 0. The molecule has 2 N–H and O–H groups in total. The first kappa shape index (κ1) is 21.5. The monoisotopic (exact) mass is 456 g/mol. The Kier molecular flexibility index (Phi) is 4.76. The predicted octanol–water partition coefficient (Wildman–Crippen LogP) is 8.41. The fourth-order valence-corrected chi connectivity index (χ4v) is 5.78. The number of phenolic OH excluding ortho intramolecular Hbond substituents is 2. The van der Waals surface area contributed by atoms with Gasteiger partial charge in [-0.3, -0.25) is 0 Å². The standard InChI is InChI=1S/C33H28O2/c1-18-16-29(34)20(3)14-27(18)33(28-15-21(4)30(35)17-19(28)2)26-13-11-24-9-8-22-6-5-7-23-10-12-25(26)32(24)31(22)23/h5-17,33-35H,1-4H3. The summed E-state index contributed by atoms with van der Waals surface area (Å²) in [6, 6.07) is 27.9. The summed E-state index contributed by atoms with van der Waals surface area (Å²) >= 11 is 0. The molecule has 0 aliphatic rings. The first-order valence-electron chi connectivity index (χ1n) is 12.1. The number of aromatic hydroxyl groups is 2. The Morgan fingerprint density at radius 3 is 1.54 bits per heavy atom. The van der Waals surface area contributed by atoms with Gasteiger partial charge >= 0.3 is 0 Å². The van der Waals surface area contributed by atoms with E-state index in [0.29, 0.717) is 11.5 Å². The van der Waals surface area contributed by atoms with Gasteiger partial charge in [0.25, 0.3) is 0 Å². The highest BCUT2D eigenvalue weighted by molar-refractivity contribution is 6.23. The van der Waals surface area contributed by atoms with Crippen LogP contribution in [-0.2, 0) is 0 Å². The lowest BCUT2D eigenvalue weighted by Crippen LogP contribution is -2.09. The van der Waals surface area contributed by atoms with Gasteiger partial charge in [-0.25, -0.2) is 0 Å². The minimum absolute atomic E-state index is 0.0434. The van der Waals surface area contributed by atoms with E-state index in [1.54, 1.807) is 0 Å². The van der Waals surface area contributed by atoms with Crippen LogP contribution in [0.1, 0.15) is 44.9 Å². The highest BCUT2D eigenvalue weighted by Gasteiger charge is 2.25. The second-order valence-electron chi connectivity index (χ2n) is 9.93. The highest BCUT2D eigenvalue weighted by atomic mass is 16.3. The SMILES string of the molecule is Cc1cc(C(c2cc(C)c(O)cc2C)c2ccc3ccc4cccc5ccc2c3c45)c(C)cc1O. The van der Waals surface area contributed by atoms with Crippen molar-refractivity contribution < 1.29 is 10.2 Å². The van der Waals surface area contributed by atoms with E-state index in [0.717, 1.165) is 22.3 Å². The van der Waals surface area contributed by atoms with Crippen molar-refractivity contribution in [1.29, 1.82) is 0 Å². The zero-order valence-corrected chi connectivity index (χ0v) is 20.5. The van der Waals surface area contributed by atoms with Crippen LogP contribution in [0.5, 0.6) is 11.5 Å². The summed E-state index contributed by atoms with van der Waals surface area (Å²) < 4.78 is 0. The van der Waals surface area contributed by atoms with Gasteiger partial charge in [-0.05, 0) is 111 Å². The zero-order chi connectivity index (χ0) is 24.4. The van der Waals surface area contributed by atoms with Gasteiger partial charge in [-0.15, -0.1) is 0 Å². The molecule has 35 heavy (non-hydrogen) atoms. The van der Waals surface area contributed by atoms with Gasteiger partial charge in [-0.1, -0.05) is 66.7 Å². The van der Waals surface area contributed by atoms with E-state index in [2.05, 4.69) is 80.6 Å². The molecule has 0 radical (unpaired) electrons. The quantitative estimate of drug-likeness (QED) is 0.207. The summed E-state index contributed by atoms with van der Waals surface area (Å²) in [5.41, 5.74) is 7.40. The van der Waals surface area contributed by atoms with Crippen LogP contribution in [0.25, 0.3) is 32.3 Å². The number of phenols is 2. The van der Waals surface area contributed by atoms with Crippen LogP contribution < -0.4 is 0 Å². The van der Waals surface area contributed by atoms with E-state index in [4.69, 9.17) is 0 Å². The lowest BCUT2D eigenvalue weighted by molar-refractivity contribution is 0.470. The molecule has 2 heteroatoms. The van der Waals surface area contributed by atoms with E-state index < -0.39 is 0 Å². The van der Waals surface area contributed by atoms with Gasteiger partial charge in [0, 0.05) is 5.92 Å². The van der Waals surface area contributed by atoms with Crippen LogP contribution in [0.4, 0.5) is 0 Å². The van der Waals surface area contributed by atoms with Gasteiger partial charge < -0.3 is 10.2 Å². The molecule has 172 valence electrons. The van der Waals surface area contributed by atoms with Crippen LogP contribution >= 0.6 is 0 Å². The topological polar surface area (TPSA) is 40.5 Å². The van der Waals surface area contributed by atoms with Crippen molar-refractivity contribution >= 4 is 32.3 Å². The van der Waals surface area contributed by atoms with Gasteiger partial charge in [0.1, 0.15) is 11.5 Å². The first-order chi connectivity index (χ1) is 16.8. The number of benzene rings is 6. The molecule has 6 aromatic rings. The van der Waals surface area contributed by atoms with Crippen LogP contribution in [0.15, 0.2) is 78.9 Å². The third-order valence-corrected chi connectivity index (χ3v) is 7.66. The predicted molar refractivity (Wildman–Crippen MR) is 146 cm³/mol. The second kappa shape index (κ2) is 7.74. The molecule has 2 nitrogen and oxygen atoms in total. The molecule has 6 rings (SSSR count). The van der Waals surface area contributed by atoms with Crippen LogP contribution in [0, 0.1) is 27.7 Å². The number of rotatable bonds is 3. The maximum atomic E-state index is 10.4. The van der Waals surface area contributed by atoms with Crippen LogP contribution in [-0.4, -0.2) is 10.2 Å². The molecule has 0 bridgehead atoms. The summed E-state index contributed by atoms with van der Waals surface area (Å²) in [4.78, 5) is 0. The molecular weight excluding hydrogens is 428 g/mol. The highest BCUT2D eigenvalue weighted by Crippen LogP contribution is 2.44. The summed E-state index contributed by atoms with van der Waals surface area (Å²) in [6.45, 7) is 8.04. The Bertz CT molecular complexity index is 1690. The molecule has 0 saturated carbocycles. The van der Waals surface area contributed by atoms with Crippen molar-refractivity contribution in [3.63, 3.8) is 0 Å². The molecule has 0 fully saturated rings. The molecule has 0 aliphatic heterocycles. The lowest BCUT2D eigenvalue weighted by atomic mass is 9.77. The molecule has 0 atom stereocenters. The second-order valence-corrected chi connectivity index (χ2v) is 9.93. The lowest BCUT2D eigenvalue weighted by Gasteiger charge is -2.26. The van der Waals surface area contributed by atoms with Crippen molar-refractivity contribution in [2.45, 2.75) is 33.6 Å². The van der Waals surface area contributed by atoms with Gasteiger partial charge in [0.15, 0.2) is 0 Å². The van der Waals surface area contributed by atoms with Crippen molar-refractivity contribution in [3.8, 4) is 11.5 Å². The van der Waals surface area contributed by atoms with Gasteiger partial charge in [0.2, 0.25) is 0 Å². The van der Waals surface area contributed by atoms with Crippen LogP contribution in [0.3, 0.4) is 0 Å². The molecule has 6 aromatic carbocycles. The maximum Gasteiger partial charge on any atom is 0.118 e. The molecule has 0 aromatic heterocycles.